The summed E-state index contributed by atoms with van der Waals surface area (Å²) in [6.45, 7) is 32.1. The van der Waals surface area contributed by atoms with Crippen molar-refractivity contribution in [2.75, 3.05) is 0 Å². The number of aromatic nitrogens is 1. The molecular formula is C44H64IrNO2SSi-. The van der Waals surface area contributed by atoms with Crippen LogP contribution in [0.1, 0.15) is 127 Å². The molecule has 0 fully saturated rings. The van der Waals surface area contributed by atoms with Gasteiger partial charge in [0, 0.05) is 54.6 Å². The molecule has 4 aromatic rings. The second kappa shape index (κ2) is 18.6. The molecule has 2 aromatic heterocycles. The van der Waals surface area contributed by atoms with E-state index in [0.717, 1.165) is 36.9 Å². The molecule has 0 aliphatic rings. The van der Waals surface area contributed by atoms with Crippen molar-refractivity contribution < 1.29 is 30.0 Å². The van der Waals surface area contributed by atoms with Crippen LogP contribution in [0.3, 0.4) is 0 Å². The Hall–Kier alpha value is -2.11. The SMILES string of the molecule is CCC(CC)C(=O)/C=C(\O)C(CC)CC.Cc1c([Si](C(C)C)(C(C)C)C(C)C)sc2c(-c3[c-]c4ccccc4c(C(C)(C)C)c3)nccc12.[Ir]. The molecule has 277 valence electrons. The normalized spacial score (nSPS) is 12.7. The number of ketones is 1. The van der Waals surface area contributed by atoms with E-state index in [-0.39, 0.29) is 48.9 Å². The molecule has 4 rings (SSSR count). The first kappa shape index (κ1) is 44.0. The molecule has 0 atom stereocenters. The summed E-state index contributed by atoms with van der Waals surface area (Å²) in [5.74, 6) is 0.547. The van der Waals surface area contributed by atoms with Gasteiger partial charge in [-0.2, -0.15) is 11.3 Å². The number of thiophene rings is 1. The average Bonchev–Trinajstić information content (AvgIpc) is 3.37. The Kier molecular flexibility index (Phi) is 16.4. The summed E-state index contributed by atoms with van der Waals surface area (Å²) < 4.78 is 3.01. The molecule has 0 unspecified atom stereocenters. The van der Waals surface area contributed by atoms with Crippen LogP contribution in [0.5, 0.6) is 0 Å². The van der Waals surface area contributed by atoms with Gasteiger partial charge in [0.2, 0.25) is 0 Å². The molecule has 1 N–H and O–H groups in total. The van der Waals surface area contributed by atoms with Crippen molar-refractivity contribution in [2.45, 2.75) is 145 Å². The molecule has 1 radical (unpaired) electrons. The van der Waals surface area contributed by atoms with Crippen molar-refractivity contribution in [2.24, 2.45) is 11.8 Å². The Bertz CT molecular complexity index is 1720. The third-order valence-corrected chi connectivity index (χ3v) is 20.4. The van der Waals surface area contributed by atoms with Gasteiger partial charge in [-0.1, -0.05) is 119 Å². The van der Waals surface area contributed by atoms with Crippen molar-refractivity contribution >= 4 is 50.6 Å². The largest absolute Gasteiger partial charge is 0.512 e. The van der Waals surface area contributed by atoms with E-state index in [1.54, 1.807) is 4.50 Å². The summed E-state index contributed by atoms with van der Waals surface area (Å²) in [6.07, 6.45) is 6.91. The van der Waals surface area contributed by atoms with Gasteiger partial charge >= 0.3 is 0 Å². The first-order chi connectivity index (χ1) is 23.0. The topological polar surface area (TPSA) is 50.2 Å². The van der Waals surface area contributed by atoms with Gasteiger partial charge in [-0.15, -0.1) is 29.1 Å². The standard InChI is InChI=1S/C31H40NSSi.C13H24O2.Ir/c1-19(2)34(20(3)4,21(5)6)30-22(7)25-15-16-32-28(29(25)33-30)24-17-23-13-11-12-14-26(23)27(18-24)31(8,9)10;1-5-10(6-2)12(14)9-13(15)11(7-3)8-4;/h11-16,18-21H,1-10H3;9-11,14H,5-8H2,1-4H3;/q-1;;/b;12-9-;. The molecule has 0 aliphatic heterocycles. The fraction of sp³-hybridized carbons (Fsp3) is 0.545. The quantitative estimate of drug-likeness (QED) is 0.0667. The number of fused-ring (bicyclic) bond motifs is 2. The van der Waals surface area contributed by atoms with Gasteiger partial charge in [-0.25, -0.2) is 0 Å². The summed E-state index contributed by atoms with van der Waals surface area (Å²) in [5, 5.41) is 13.6. The van der Waals surface area contributed by atoms with Gasteiger partial charge in [0.25, 0.3) is 0 Å². The number of nitrogens with zero attached hydrogens (tertiary/aromatic N) is 1. The van der Waals surface area contributed by atoms with Crippen LogP contribution in [0.2, 0.25) is 16.6 Å². The molecule has 6 heteroatoms. The maximum atomic E-state index is 11.7. The van der Waals surface area contributed by atoms with Crippen LogP contribution in [-0.2, 0) is 30.3 Å². The smallest absolute Gasteiger partial charge is 0.162 e. The summed E-state index contributed by atoms with van der Waals surface area (Å²) in [4.78, 5) is 16.7. The fourth-order valence-electron chi connectivity index (χ4n) is 8.30. The Morgan fingerprint density at radius 3 is 1.92 bits per heavy atom. The van der Waals surface area contributed by atoms with Crippen molar-refractivity contribution in [1.82, 2.24) is 4.98 Å². The minimum absolute atomic E-state index is 0. The molecular weight excluding hydrogens is 827 g/mol. The van der Waals surface area contributed by atoms with E-state index in [1.165, 1.54) is 38.1 Å². The van der Waals surface area contributed by atoms with Crippen molar-refractivity contribution in [1.29, 1.82) is 0 Å². The maximum absolute atomic E-state index is 11.7. The Labute approximate surface area is 323 Å². The Balaban J connectivity index is 0.000000461. The van der Waals surface area contributed by atoms with Gasteiger partial charge < -0.3 is 5.11 Å². The number of rotatable bonds is 12. The van der Waals surface area contributed by atoms with Crippen LogP contribution in [0.4, 0.5) is 0 Å². The molecule has 0 aliphatic carbocycles. The number of aliphatic hydroxyl groups excluding tert-OH is 1. The predicted octanol–water partition coefficient (Wildman–Crippen LogP) is 13.3. The number of allylic oxidation sites excluding steroid dienone is 2. The molecule has 2 aromatic carbocycles. The minimum atomic E-state index is -1.76. The number of hydrogen-bond donors (Lipinski definition) is 1. The molecule has 0 spiro atoms. The number of hydrogen-bond acceptors (Lipinski definition) is 4. The monoisotopic (exact) mass is 891 g/mol. The first-order valence-corrected chi connectivity index (χ1v) is 21.8. The molecule has 0 bridgehead atoms. The third-order valence-electron chi connectivity index (χ3n) is 11.0. The minimum Gasteiger partial charge on any atom is -0.512 e. The van der Waals surface area contributed by atoms with Gasteiger partial charge in [0.1, 0.15) is 8.07 Å². The summed E-state index contributed by atoms with van der Waals surface area (Å²) in [5.41, 5.74) is 7.17. The zero-order valence-electron chi connectivity index (χ0n) is 33.4. The van der Waals surface area contributed by atoms with Crippen molar-refractivity contribution in [3.63, 3.8) is 0 Å². The van der Waals surface area contributed by atoms with E-state index in [4.69, 9.17) is 4.98 Å². The zero-order chi connectivity index (χ0) is 36.8. The first-order valence-electron chi connectivity index (χ1n) is 18.8. The van der Waals surface area contributed by atoms with Gasteiger partial charge in [-0.3, -0.25) is 9.78 Å². The van der Waals surface area contributed by atoms with E-state index in [0.29, 0.717) is 16.6 Å². The van der Waals surface area contributed by atoms with Crippen LogP contribution < -0.4 is 4.50 Å². The van der Waals surface area contributed by atoms with E-state index >= 15 is 0 Å². The second-order valence-corrected chi connectivity index (χ2v) is 23.1. The van der Waals surface area contributed by atoms with Crippen molar-refractivity contribution in [3.8, 4) is 11.3 Å². The Morgan fingerprint density at radius 1 is 0.880 bits per heavy atom. The number of benzene rings is 2. The number of carbonyl (C=O) groups is 1. The van der Waals surface area contributed by atoms with Crippen LogP contribution >= 0.6 is 11.3 Å². The predicted molar refractivity (Wildman–Crippen MR) is 219 cm³/mol. The average molecular weight is 891 g/mol. The molecule has 2 heterocycles. The van der Waals surface area contributed by atoms with E-state index < -0.39 is 8.07 Å². The second-order valence-electron chi connectivity index (χ2n) is 15.9. The van der Waals surface area contributed by atoms with Gasteiger partial charge in [0.05, 0.1) is 5.76 Å². The number of carbonyl (C=O) groups excluding carboxylic acids is 1. The molecule has 50 heavy (non-hydrogen) atoms. The molecule has 3 nitrogen and oxygen atoms in total. The van der Waals surface area contributed by atoms with E-state index in [2.05, 4.69) is 112 Å². The van der Waals surface area contributed by atoms with E-state index in [9.17, 15) is 9.90 Å². The van der Waals surface area contributed by atoms with Crippen LogP contribution in [0, 0.1) is 24.8 Å². The summed E-state index contributed by atoms with van der Waals surface area (Å²) in [7, 11) is -1.76. The summed E-state index contributed by atoms with van der Waals surface area (Å²) in [6, 6.07) is 17.0. The number of aliphatic hydroxyl groups is 1. The van der Waals surface area contributed by atoms with Gasteiger partial charge in [-0.05, 0) is 76.2 Å². The fourth-order valence-corrected chi connectivity index (χ4v) is 18.8. The molecule has 0 saturated heterocycles. The van der Waals surface area contributed by atoms with Crippen LogP contribution in [0.15, 0.2) is 54.4 Å². The maximum Gasteiger partial charge on any atom is 0.162 e. The van der Waals surface area contributed by atoms with Crippen LogP contribution in [0.25, 0.3) is 32.1 Å². The molecule has 0 amide bonds. The van der Waals surface area contributed by atoms with Crippen molar-refractivity contribution in [3.05, 3.63) is 71.6 Å². The Morgan fingerprint density at radius 2 is 1.42 bits per heavy atom. The molecule has 0 saturated carbocycles. The number of pyridine rings is 1. The number of aryl methyl sites for hydroxylation is 1. The van der Waals surface area contributed by atoms with Gasteiger partial charge in [0.15, 0.2) is 5.78 Å². The summed E-state index contributed by atoms with van der Waals surface area (Å²) >= 11 is 2.04. The van der Waals surface area contributed by atoms with E-state index in [1.807, 2.05) is 45.2 Å². The third kappa shape index (κ3) is 9.08. The zero-order valence-corrected chi connectivity index (χ0v) is 37.6. The van der Waals surface area contributed by atoms with Crippen LogP contribution in [-0.4, -0.2) is 23.9 Å².